The third kappa shape index (κ3) is 8.74. The van der Waals surface area contributed by atoms with Crippen molar-refractivity contribution in [1.29, 1.82) is 0 Å². The Bertz CT molecular complexity index is 1850. The number of rotatable bonds is 13. The monoisotopic (exact) mass is 670 g/mol. The van der Waals surface area contributed by atoms with Gasteiger partial charge in [0.15, 0.2) is 0 Å². The average Bonchev–Trinajstić information content (AvgIpc) is 3.56. The average molecular weight is 671 g/mol. The first kappa shape index (κ1) is 32.6. The zero-order chi connectivity index (χ0) is 32.6. The first-order valence-corrected chi connectivity index (χ1v) is 17.7. The number of phosphoric ester groups is 1. The predicted octanol–water partition coefficient (Wildman–Crippen LogP) is 8.16. The van der Waals surface area contributed by atoms with Crippen molar-refractivity contribution in [3.8, 4) is 16.7 Å². The molecule has 1 aliphatic heterocycles. The van der Waals surface area contributed by atoms with Crippen molar-refractivity contribution in [3.05, 3.63) is 142 Å². The van der Waals surface area contributed by atoms with E-state index in [0.29, 0.717) is 22.2 Å². The smallest absolute Gasteiger partial charge is 0.472 e. The second kappa shape index (κ2) is 15.1. The van der Waals surface area contributed by atoms with Crippen LogP contribution in [0.25, 0.3) is 0 Å². The lowest BCUT2D eigenvalue weighted by Gasteiger charge is -2.27. The lowest BCUT2D eigenvalue weighted by molar-refractivity contribution is 0.0907. The van der Waals surface area contributed by atoms with Gasteiger partial charge < -0.3 is 19.7 Å². The lowest BCUT2D eigenvalue weighted by atomic mass is 9.95. The minimum Gasteiger partial charge on any atom is -0.485 e. The van der Waals surface area contributed by atoms with Gasteiger partial charge in [0.05, 0.1) is 18.9 Å². The van der Waals surface area contributed by atoms with Gasteiger partial charge in [-0.25, -0.2) is 9.55 Å². The number of nitrogens with zero attached hydrogens (tertiary/aromatic N) is 1. The zero-order valence-electron chi connectivity index (χ0n) is 25.8. The number of carbonyl (C=O) groups is 1. The van der Waals surface area contributed by atoms with Crippen molar-refractivity contribution in [2.75, 3.05) is 13.2 Å². The number of benzene rings is 4. The van der Waals surface area contributed by atoms with Gasteiger partial charge in [-0.05, 0) is 65.8 Å². The Morgan fingerprint density at radius 3 is 2.57 bits per heavy atom. The molecule has 0 radical (unpaired) electrons. The molecule has 11 heteroatoms. The van der Waals surface area contributed by atoms with E-state index in [1.165, 1.54) is 17.3 Å². The van der Waals surface area contributed by atoms with Gasteiger partial charge in [-0.1, -0.05) is 96.3 Å². The maximum atomic E-state index is 12.8. The normalized spacial score (nSPS) is 15.9. The maximum Gasteiger partial charge on any atom is 0.472 e. The summed E-state index contributed by atoms with van der Waals surface area (Å²) in [7, 11) is -4.44. The van der Waals surface area contributed by atoms with Crippen LogP contribution in [0, 0.1) is 6.92 Å². The molecular weight excluding hydrogens is 635 g/mol. The fourth-order valence-corrected chi connectivity index (χ4v) is 7.02. The van der Waals surface area contributed by atoms with Crippen LogP contribution in [-0.2, 0) is 26.5 Å². The molecule has 5 aromatic rings. The van der Waals surface area contributed by atoms with Crippen LogP contribution in [-0.4, -0.2) is 28.9 Å². The quantitative estimate of drug-likeness (QED) is 0.0953. The van der Waals surface area contributed by atoms with E-state index >= 15 is 0 Å². The van der Waals surface area contributed by atoms with Gasteiger partial charge in [-0.15, -0.1) is 0 Å². The molecule has 2 heterocycles. The fourth-order valence-electron chi connectivity index (χ4n) is 5.42. The molecule has 242 valence electrons. The molecule has 1 aromatic heterocycles. The molecule has 0 bridgehead atoms. The summed E-state index contributed by atoms with van der Waals surface area (Å²) in [6.45, 7) is 1.86. The van der Waals surface area contributed by atoms with E-state index in [4.69, 9.17) is 18.5 Å². The molecule has 0 aliphatic carbocycles. The molecular formula is C36H35N2O7PS. The van der Waals surface area contributed by atoms with E-state index in [0.717, 1.165) is 46.6 Å². The topological polar surface area (TPSA) is 116 Å². The molecule has 3 unspecified atom stereocenters. The Kier molecular flexibility index (Phi) is 10.5. The number of aromatic nitrogens is 1. The lowest BCUT2D eigenvalue weighted by Crippen LogP contribution is -2.26. The zero-order valence-corrected chi connectivity index (χ0v) is 27.5. The van der Waals surface area contributed by atoms with E-state index in [-0.39, 0.29) is 19.3 Å². The standard InChI is InChI=1S/C36H35N2O7PS/c1-25-10-8-9-15-30(25)32-18-16-28-23-29(17-19-31(28)44-32)43-36-38-24-34(47-36)35(39)37-20-21-42-46(40,41)45-33(27-13-6-3-7-14-27)22-26-11-4-2-5-12-26/h2-15,17,19,23-24,32-33H,16,18,20-22H2,1H3,(H,37,39)(H,40,41). The predicted molar refractivity (Wildman–Crippen MR) is 180 cm³/mol. The van der Waals surface area contributed by atoms with Gasteiger partial charge in [0.2, 0.25) is 0 Å². The third-order valence-electron chi connectivity index (χ3n) is 7.76. The number of ether oxygens (including phenoxy) is 2. The Balaban J connectivity index is 0.982. The Labute approximate surface area is 277 Å². The molecule has 3 atom stereocenters. The van der Waals surface area contributed by atoms with Crippen LogP contribution in [0.15, 0.2) is 109 Å². The molecule has 6 rings (SSSR count). The largest absolute Gasteiger partial charge is 0.485 e. The Hall–Kier alpha value is -4.31. The van der Waals surface area contributed by atoms with E-state index in [9.17, 15) is 14.3 Å². The van der Waals surface area contributed by atoms with Gasteiger partial charge in [0.25, 0.3) is 11.1 Å². The molecule has 1 aliphatic rings. The number of amides is 1. The minimum absolute atomic E-state index is 0.0101. The van der Waals surface area contributed by atoms with Crippen molar-refractivity contribution in [2.24, 2.45) is 0 Å². The molecule has 0 saturated carbocycles. The van der Waals surface area contributed by atoms with Gasteiger partial charge >= 0.3 is 7.82 Å². The van der Waals surface area contributed by atoms with Crippen molar-refractivity contribution < 1.29 is 32.8 Å². The molecule has 0 saturated heterocycles. The number of hydrogen-bond donors (Lipinski definition) is 2. The van der Waals surface area contributed by atoms with Gasteiger partial charge in [0.1, 0.15) is 22.5 Å². The SMILES string of the molecule is Cc1ccccc1C1CCc2cc(Oc3ncc(C(=O)NCCOP(=O)(O)OC(Cc4ccccc4)c4ccccc4)s3)ccc2O1. The highest BCUT2D eigenvalue weighted by molar-refractivity contribution is 7.47. The summed E-state index contributed by atoms with van der Waals surface area (Å²) in [6.07, 6.45) is 2.86. The van der Waals surface area contributed by atoms with E-state index in [1.807, 2.05) is 91.0 Å². The van der Waals surface area contributed by atoms with Crippen LogP contribution in [0.1, 0.15) is 56.1 Å². The molecule has 1 amide bonds. The summed E-state index contributed by atoms with van der Waals surface area (Å²) in [6, 6.07) is 32.7. The first-order valence-electron chi connectivity index (χ1n) is 15.3. The summed E-state index contributed by atoms with van der Waals surface area (Å²) in [5.74, 6) is 1.04. The molecule has 0 fully saturated rings. The van der Waals surface area contributed by atoms with Crippen molar-refractivity contribution >= 4 is 25.1 Å². The number of hydrogen-bond acceptors (Lipinski definition) is 8. The summed E-state index contributed by atoms with van der Waals surface area (Å²) in [5.41, 5.74) is 5.18. The second-order valence-electron chi connectivity index (χ2n) is 11.1. The van der Waals surface area contributed by atoms with Crippen LogP contribution < -0.4 is 14.8 Å². The summed E-state index contributed by atoms with van der Waals surface area (Å²) in [5, 5.41) is 3.00. The summed E-state index contributed by atoms with van der Waals surface area (Å²) >= 11 is 1.10. The third-order valence-corrected chi connectivity index (χ3v) is 9.67. The summed E-state index contributed by atoms with van der Waals surface area (Å²) in [4.78, 5) is 27.8. The van der Waals surface area contributed by atoms with E-state index in [1.54, 1.807) is 0 Å². The Morgan fingerprint density at radius 1 is 1.04 bits per heavy atom. The van der Waals surface area contributed by atoms with Crippen LogP contribution in [0.3, 0.4) is 0 Å². The summed E-state index contributed by atoms with van der Waals surface area (Å²) < 4.78 is 35.9. The van der Waals surface area contributed by atoms with Crippen LogP contribution >= 0.6 is 19.2 Å². The van der Waals surface area contributed by atoms with Gasteiger partial charge in [0, 0.05) is 13.0 Å². The molecule has 0 spiro atoms. The Morgan fingerprint density at radius 2 is 1.79 bits per heavy atom. The highest BCUT2D eigenvalue weighted by atomic mass is 32.1. The number of carbonyl (C=O) groups excluding carboxylic acids is 1. The number of aryl methyl sites for hydroxylation is 2. The van der Waals surface area contributed by atoms with Crippen LogP contribution in [0.4, 0.5) is 0 Å². The number of thiazole rings is 1. The van der Waals surface area contributed by atoms with Gasteiger partial charge in [-0.2, -0.15) is 0 Å². The fraction of sp³-hybridized carbons (Fsp3) is 0.222. The second-order valence-corrected chi connectivity index (χ2v) is 13.5. The number of fused-ring (bicyclic) bond motifs is 1. The van der Waals surface area contributed by atoms with Crippen LogP contribution in [0.2, 0.25) is 0 Å². The first-order chi connectivity index (χ1) is 22.8. The number of nitrogens with one attached hydrogen (secondary N) is 1. The van der Waals surface area contributed by atoms with Crippen LogP contribution in [0.5, 0.6) is 16.7 Å². The van der Waals surface area contributed by atoms with Crippen molar-refractivity contribution in [3.63, 3.8) is 0 Å². The van der Waals surface area contributed by atoms with Crippen molar-refractivity contribution in [2.45, 2.75) is 38.4 Å². The molecule has 2 N–H and O–H groups in total. The van der Waals surface area contributed by atoms with E-state index < -0.39 is 19.8 Å². The molecule has 47 heavy (non-hydrogen) atoms. The molecule has 4 aromatic carbocycles. The van der Waals surface area contributed by atoms with E-state index in [2.05, 4.69) is 29.4 Å². The maximum absolute atomic E-state index is 12.8. The highest BCUT2D eigenvalue weighted by Crippen LogP contribution is 2.48. The van der Waals surface area contributed by atoms with Crippen molar-refractivity contribution in [1.82, 2.24) is 10.3 Å². The van der Waals surface area contributed by atoms with Gasteiger partial charge in [-0.3, -0.25) is 13.8 Å². The number of phosphoric acid groups is 1. The highest BCUT2D eigenvalue weighted by Gasteiger charge is 2.28. The minimum atomic E-state index is -4.44. The molecule has 9 nitrogen and oxygen atoms in total.